The van der Waals surface area contributed by atoms with E-state index < -0.39 is 6.10 Å². The molecule has 0 bridgehead atoms. The summed E-state index contributed by atoms with van der Waals surface area (Å²) in [6, 6.07) is 18.3. The summed E-state index contributed by atoms with van der Waals surface area (Å²) in [4.78, 5) is 7.04. The largest absolute Gasteiger partial charge is 0.386 e. The van der Waals surface area contributed by atoms with Gasteiger partial charge in [0, 0.05) is 5.69 Å². The van der Waals surface area contributed by atoms with E-state index in [1.165, 1.54) is 22.3 Å². The van der Waals surface area contributed by atoms with Crippen molar-refractivity contribution in [2.75, 3.05) is 4.90 Å². The minimum Gasteiger partial charge on any atom is -0.386 e. The highest BCUT2D eigenvalue weighted by molar-refractivity contribution is 5.85. The Hall–Kier alpha value is -2.91. The molecule has 0 fully saturated rings. The summed E-state index contributed by atoms with van der Waals surface area (Å²) in [5.74, 6) is 0. The van der Waals surface area contributed by atoms with Gasteiger partial charge in [0.15, 0.2) is 0 Å². The first-order valence-corrected chi connectivity index (χ1v) is 10.9. The van der Waals surface area contributed by atoms with Crippen molar-refractivity contribution in [3.05, 3.63) is 93.5 Å². The van der Waals surface area contributed by atoms with Crippen LogP contribution < -0.4 is 4.90 Å². The topological polar surface area (TPSA) is 35.8 Å². The molecule has 3 nitrogen and oxygen atoms in total. The molecule has 3 rings (SSSR count). The predicted octanol–water partition coefficient (Wildman–Crippen LogP) is 6.83. The first kappa shape index (κ1) is 22.8. The zero-order chi connectivity index (χ0) is 22.7. The van der Waals surface area contributed by atoms with Crippen molar-refractivity contribution in [2.24, 2.45) is 4.99 Å². The average Bonchev–Trinajstić information content (AvgIpc) is 2.70. The molecule has 0 aliphatic carbocycles. The maximum absolute atomic E-state index is 11.2. The Kier molecular flexibility index (Phi) is 6.97. The van der Waals surface area contributed by atoms with Crippen molar-refractivity contribution in [3.8, 4) is 0 Å². The van der Waals surface area contributed by atoms with E-state index >= 15 is 0 Å². The van der Waals surface area contributed by atoms with Crippen LogP contribution in [0.3, 0.4) is 0 Å². The van der Waals surface area contributed by atoms with E-state index in [2.05, 4.69) is 77.6 Å². The molecule has 3 aromatic rings. The van der Waals surface area contributed by atoms with E-state index in [1.54, 1.807) is 0 Å². The summed E-state index contributed by atoms with van der Waals surface area (Å²) in [5.41, 5.74) is 10.1. The van der Waals surface area contributed by atoms with Crippen molar-refractivity contribution in [3.63, 3.8) is 0 Å². The van der Waals surface area contributed by atoms with Crippen molar-refractivity contribution in [1.82, 2.24) is 0 Å². The van der Waals surface area contributed by atoms with Crippen LogP contribution in [0.15, 0.2) is 59.6 Å². The quantitative estimate of drug-likeness (QED) is 0.355. The number of aryl methyl sites for hydroxylation is 6. The lowest BCUT2D eigenvalue weighted by Crippen LogP contribution is -2.37. The van der Waals surface area contributed by atoms with Crippen LogP contribution in [-0.2, 0) is 0 Å². The Bertz CT molecular complexity index is 1040. The van der Waals surface area contributed by atoms with E-state index in [1.807, 2.05) is 36.7 Å². The number of rotatable bonds is 6. The van der Waals surface area contributed by atoms with Gasteiger partial charge < -0.3 is 10.0 Å². The molecular weight excluding hydrogens is 380 g/mol. The molecule has 0 heterocycles. The number of hydrogen-bond donors (Lipinski definition) is 1. The molecule has 0 saturated heterocycles. The minimum absolute atomic E-state index is 0.197. The Morgan fingerprint density at radius 1 is 0.774 bits per heavy atom. The molecule has 0 radical (unpaired) electrons. The van der Waals surface area contributed by atoms with Crippen LogP contribution in [0.5, 0.6) is 0 Å². The Balaban J connectivity index is 2.09. The molecule has 3 heteroatoms. The molecule has 162 valence electrons. The van der Waals surface area contributed by atoms with Gasteiger partial charge in [-0.15, -0.1) is 0 Å². The highest BCUT2D eigenvalue weighted by atomic mass is 16.3. The number of aliphatic imine (C=N–C) groups is 1. The number of hydrogen-bond acceptors (Lipinski definition) is 2. The van der Waals surface area contributed by atoms with Gasteiger partial charge in [0.25, 0.3) is 0 Å². The van der Waals surface area contributed by atoms with Crippen LogP contribution in [0.4, 0.5) is 11.4 Å². The van der Waals surface area contributed by atoms with E-state index in [4.69, 9.17) is 4.99 Å². The standard InChI is InChI=1S/C28H34N2O/c1-18-13-20(3)26(21(4)14-18)29-17-30(27-22(5)15-19(2)16-23(27)6)24(7)28(31)25-11-9-8-10-12-25/h8-17,24,28,31H,1-7H3. The second-order valence-corrected chi connectivity index (χ2v) is 8.74. The lowest BCUT2D eigenvalue weighted by molar-refractivity contribution is 0.154. The van der Waals surface area contributed by atoms with Gasteiger partial charge in [0.05, 0.1) is 24.2 Å². The number of benzene rings is 3. The van der Waals surface area contributed by atoms with E-state index in [9.17, 15) is 5.11 Å². The zero-order valence-corrected chi connectivity index (χ0v) is 19.8. The van der Waals surface area contributed by atoms with E-state index in [0.29, 0.717) is 0 Å². The van der Waals surface area contributed by atoms with Gasteiger partial charge in [0.1, 0.15) is 0 Å². The monoisotopic (exact) mass is 414 g/mol. The van der Waals surface area contributed by atoms with Gasteiger partial charge in [-0.2, -0.15) is 0 Å². The van der Waals surface area contributed by atoms with E-state index in [0.717, 1.165) is 28.1 Å². The number of nitrogens with zero attached hydrogens (tertiary/aromatic N) is 2. The van der Waals surface area contributed by atoms with Gasteiger partial charge in [-0.1, -0.05) is 65.7 Å². The lowest BCUT2D eigenvalue weighted by Gasteiger charge is -2.33. The maximum Gasteiger partial charge on any atom is 0.0994 e. The lowest BCUT2D eigenvalue weighted by atomic mass is 9.99. The summed E-state index contributed by atoms with van der Waals surface area (Å²) in [5, 5.41) is 11.2. The van der Waals surface area contributed by atoms with E-state index in [-0.39, 0.29) is 6.04 Å². The fraction of sp³-hybridized carbons (Fsp3) is 0.321. The summed E-state index contributed by atoms with van der Waals surface area (Å²) in [6.07, 6.45) is 1.25. The smallest absolute Gasteiger partial charge is 0.0994 e. The third-order valence-corrected chi connectivity index (χ3v) is 5.88. The molecule has 0 saturated carbocycles. The SMILES string of the molecule is Cc1cc(C)c(N=CN(c2c(C)cc(C)cc2C)C(C)C(O)c2ccccc2)c(C)c1. The maximum atomic E-state index is 11.2. The second kappa shape index (κ2) is 9.49. The Morgan fingerprint density at radius 2 is 1.26 bits per heavy atom. The molecule has 0 spiro atoms. The van der Waals surface area contributed by atoms with Crippen LogP contribution >= 0.6 is 0 Å². The molecule has 31 heavy (non-hydrogen) atoms. The average molecular weight is 415 g/mol. The molecular formula is C28H34N2O. The molecule has 0 aliphatic heterocycles. The first-order valence-electron chi connectivity index (χ1n) is 10.9. The van der Waals surface area contributed by atoms with Gasteiger partial charge >= 0.3 is 0 Å². The molecule has 2 atom stereocenters. The zero-order valence-electron chi connectivity index (χ0n) is 19.8. The molecule has 0 aromatic heterocycles. The van der Waals surface area contributed by atoms with Crippen LogP contribution in [0.25, 0.3) is 0 Å². The minimum atomic E-state index is -0.645. The summed E-state index contributed by atoms with van der Waals surface area (Å²) in [7, 11) is 0. The first-order chi connectivity index (χ1) is 14.7. The third kappa shape index (κ3) is 5.05. The summed E-state index contributed by atoms with van der Waals surface area (Å²) >= 11 is 0. The van der Waals surface area contributed by atoms with Crippen LogP contribution in [0.1, 0.15) is 52.0 Å². The fourth-order valence-corrected chi connectivity index (χ4v) is 4.52. The Labute approximate surface area is 187 Å². The van der Waals surface area contributed by atoms with Crippen molar-refractivity contribution in [2.45, 2.75) is 60.6 Å². The highest BCUT2D eigenvalue weighted by Gasteiger charge is 2.25. The number of aliphatic hydroxyl groups excluding tert-OH is 1. The van der Waals surface area contributed by atoms with Gasteiger partial charge in [-0.3, -0.25) is 0 Å². The van der Waals surface area contributed by atoms with Crippen LogP contribution in [0.2, 0.25) is 0 Å². The summed E-state index contributed by atoms with van der Waals surface area (Å²) < 4.78 is 0. The molecule has 2 unspecified atom stereocenters. The fourth-order valence-electron chi connectivity index (χ4n) is 4.52. The van der Waals surface area contributed by atoms with Crippen molar-refractivity contribution >= 4 is 17.7 Å². The Morgan fingerprint density at radius 3 is 1.77 bits per heavy atom. The number of anilines is 1. The van der Waals surface area contributed by atoms with Gasteiger partial charge in [-0.05, 0) is 76.3 Å². The second-order valence-electron chi connectivity index (χ2n) is 8.74. The number of aliphatic hydroxyl groups is 1. The third-order valence-electron chi connectivity index (χ3n) is 5.88. The normalized spacial score (nSPS) is 13.4. The molecule has 1 N–H and O–H groups in total. The predicted molar refractivity (Wildman–Crippen MR) is 133 cm³/mol. The van der Waals surface area contributed by atoms with Gasteiger partial charge in [0.2, 0.25) is 0 Å². The molecule has 3 aromatic carbocycles. The van der Waals surface area contributed by atoms with Crippen molar-refractivity contribution in [1.29, 1.82) is 0 Å². The van der Waals surface area contributed by atoms with Crippen LogP contribution in [-0.4, -0.2) is 17.5 Å². The van der Waals surface area contributed by atoms with Gasteiger partial charge in [-0.25, -0.2) is 4.99 Å². The highest BCUT2D eigenvalue weighted by Crippen LogP contribution is 2.32. The molecule has 0 aliphatic rings. The van der Waals surface area contributed by atoms with Crippen molar-refractivity contribution < 1.29 is 5.11 Å². The summed E-state index contributed by atoms with van der Waals surface area (Å²) in [6.45, 7) is 14.7. The van der Waals surface area contributed by atoms with Crippen LogP contribution in [0, 0.1) is 41.5 Å². The molecule has 0 amide bonds.